The van der Waals surface area contributed by atoms with Crippen molar-refractivity contribution in [2.75, 3.05) is 13.2 Å². The first-order valence-electron chi connectivity index (χ1n) is 6.20. The molecule has 0 fully saturated rings. The Morgan fingerprint density at radius 2 is 2.11 bits per heavy atom. The molecule has 1 atom stereocenters. The van der Waals surface area contributed by atoms with Crippen LogP contribution in [0.1, 0.15) is 24.5 Å². The highest BCUT2D eigenvalue weighted by molar-refractivity contribution is 5.70. The van der Waals surface area contributed by atoms with Gasteiger partial charge in [0.1, 0.15) is 0 Å². The number of rotatable bonds is 3. The van der Waals surface area contributed by atoms with E-state index in [-0.39, 0.29) is 0 Å². The molecular formula is C14H18O4. The minimum atomic E-state index is -0.778. The largest absolute Gasteiger partial charge is 0.490 e. The fraction of sp³-hybridized carbons (Fsp3) is 0.500. The van der Waals surface area contributed by atoms with Crippen LogP contribution in [0, 0.1) is 12.8 Å². The third-order valence-electron chi connectivity index (χ3n) is 3.06. The number of carbonyl (C=O) groups is 1. The van der Waals surface area contributed by atoms with Crippen LogP contribution in [0.5, 0.6) is 11.5 Å². The molecule has 0 saturated heterocycles. The zero-order valence-electron chi connectivity index (χ0n) is 10.7. The summed E-state index contributed by atoms with van der Waals surface area (Å²) in [6, 6.07) is 3.88. The van der Waals surface area contributed by atoms with Gasteiger partial charge in [0.05, 0.1) is 19.1 Å². The first-order chi connectivity index (χ1) is 8.58. The van der Waals surface area contributed by atoms with E-state index in [1.165, 1.54) is 0 Å². The maximum Gasteiger partial charge on any atom is 0.306 e. The van der Waals surface area contributed by atoms with Gasteiger partial charge in [0.15, 0.2) is 11.5 Å². The first-order valence-corrected chi connectivity index (χ1v) is 6.20. The lowest BCUT2D eigenvalue weighted by Crippen LogP contribution is -2.12. The second kappa shape index (κ2) is 5.29. The summed E-state index contributed by atoms with van der Waals surface area (Å²) in [6.07, 6.45) is 1.38. The first kappa shape index (κ1) is 12.7. The van der Waals surface area contributed by atoms with Gasteiger partial charge >= 0.3 is 5.97 Å². The molecule has 0 aromatic heterocycles. The van der Waals surface area contributed by atoms with Crippen LogP contribution in [0.3, 0.4) is 0 Å². The minimum absolute atomic E-state index is 0.394. The summed E-state index contributed by atoms with van der Waals surface area (Å²) >= 11 is 0. The average Bonchev–Trinajstić information content (AvgIpc) is 2.54. The molecule has 1 aliphatic heterocycles. The normalized spacial score (nSPS) is 15.9. The fourth-order valence-corrected chi connectivity index (χ4v) is 2.08. The maximum absolute atomic E-state index is 10.9. The van der Waals surface area contributed by atoms with Crippen LogP contribution in [-0.2, 0) is 11.2 Å². The molecule has 0 radical (unpaired) electrons. The van der Waals surface area contributed by atoms with E-state index in [9.17, 15) is 4.79 Å². The van der Waals surface area contributed by atoms with E-state index in [1.807, 2.05) is 19.1 Å². The molecule has 4 heteroatoms. The number of ether oxygens (including phenoxy) is 2. The van der Waals surface area contributed by atoms with Gasteiger partial charge in [-0.2, -0.15) is 0 Å². The van der Waals surface area contributed by atoms with Crippen LogP contribution < -0.4 is 9.47 Å². The molecule has 1 aromatic rings. The van der Waals surface area contributed by atoms with E-state index in [0.29, 0.717) is 19.6 Å². The number of aliphatic carboxylic acids is 1. The van der Waals surface area contributed by atoms with E-state index in [0.717, 1.165) is 29.0 Å². The van der Waals surface area contributed by atoms with E-state index in [1.54, 1.807) is 6.92 Å². The van der Waals surface area contributed by atoms with Crippen LogP contribution in [0.25, 0.3) is 0 Å². The Kier molecular flexibility index (Phi) is 3.75. The Morgan fingerprint density at radius 3 is 2.83 bits per heavy atom. The SMILES string of the molecule is Cc1cc(CC(C)C(=O)O)cc2c1OCCCO2. The van der Waals surface area contributed by atoms with Gasteiger partial charge < -0.3 is 14.6 Å². The van der Waals surface area contributed by atoms with Crippen molar-refractivity contribution >= 4 is 5.97 Å². The monoisotopic (exact) mass is 250 g/mol. The molecule has 0 saturated carbocycles. The quantitative estimate of drug-likeness (QED) is 0.895. The summed E-state index contributed by atoms with van der Waals surface area (Å²) < 4.78 is 11.3. The van der Waals surface area contributed by atoms with Crippen molar-refractivity contribution < 1.29 is 19.4 Å². The lowest BCUT2D eigenvalue weighted by Gasteiger charge is -2.13. The van der Waals surface area contributed by atoms with Gasteiger partial charge in [-0.15, -0.1) is 0 Å². The molecule has 0 amide bonds. The number of carboxylic acids is 1. The van der Waals surface area contributed by atoms with E-state index >= 15 is 0 Å². The molecule has 1 aliphatic rings. The summed E-state index contributed by atoms with van der Waals surface area (Å²) in [4.78, 5) is 10.9. The summed E-state index contributed by atoms with van der Waals surface area (Å²) in [7, 11) is 0. The summed E-state index contributed by atoms with van der Waals surface area (Å²) in [5, 5.41) is 8.94. The second-order valence-corrected chi connectivity index (χ2v) is 4.73. The van der Waals surface area contributed by atoms with Crippen LogP contribution >= 0.6 is 0 Å². The van der Waals surface area contributed by atoms with Gasteiger partial charge in [0.2, 0.25) is 0 Å². The minimum Gasteiger partial charge on any atom is -0.490 e. The molecular weight excluding hydrogens is 232 g/mol. The fourth-order valence-electron chi connectivity index (χ4n) is 2.08. The number of aryl methyl sites for hydroxylation is 1. The van der Waals surface area contributed by atoms with Crippen molar-refractivity contribution in [3.05, 3.63) is 23.3 Å². The van der Waals surface area contributed by atoms with Gasteiger partial charge in [0.25, 0.3) is 0 Å². The Morgan fingerprint density at radius 1 is 1.39 bits per heavy atom. The molecule has 1 aromatic carbocycles. The molecule has 0 spiro atoms. The highest BCUT2D eigenvalue weighted by atomic mass is 16.5. The second-order valence-electron chi connectivity index (χ2n) is 4.73. The van der Waals surface area contributed by atoms with Gasteiger partial charge in [-0.3, -0.25) is 4.79 Å². The van der Waals surface area contributed by atoms with Gasteiger partial charge in [-0.1, -0.05) is 13.0 Å². The summed E-state index contributed by atoms with van der Waals surface area (Å²) in [6.45, 7) is 4.98. The van der Waals surface area contributed by atoms with Crippen molar-refractivity contribution in [1.82, 2.24) is 0 Å². The molecule has 4 nitrogen and oxygen atoms in total. The van der Waals surface area contributed by atoms with Crippen molar-refractivity contribution in [3.63, 3.8) is 0 Å². The van der Waals surface area contributed by atoms with E-state index in [4.69, 9.17) is 14.6 Å². The third-order valence-corrected chi connectivity index (χ3v) is 3.06. The molecule has 1 unspecified atom stereocenters. The van der Waals surface area contributed by atoms with Gasteiger partial charge in [-0.05, 0) is 30.5 Å². The summed E-state index contributed by atoms with van der Waals surface area (Å²) in [5.41, 5.74) is 1.98. The topological polar surface area (TPSA) is 55.8 Å². The Bertz CT molecular complexity index is 453. The molecule has 1 heterocycles. The zero-order chi connectivity index (χ0) is 13.1. The number of hydrogen-bond donors (Lipinski definition) is 1. The smallest absolute Gasteiger partial charge is 0.306 e. The highest BCUT2D eigenvalue weighted by Crippen LogP contribution is 2.34. The zero-order valence-corrected chi connectivity index (χ0v) is 10.7. The van der Waals surface area contributed by atoms with Crippen LogP contribution in [0.4, 0.5) is 0 Å². The van der Waals surface area contributed by atoms with Crippen LogP contribution in [0.15, 0.2) is 12.1 Å². The van der Waals surface area contributed by atoms with Gasteiger partial charge in [-0.25, -0.2) is 0 Å². The molecule has 98 valence electrons. The molecule has 0 aliphatic carbocycles. The standard InChI is InChI=1S/C14H18O4/c1-9-6-11(7-10(2)14(15)16)8-12-13(9)18-5-3-4-17-12/h6,8,10H,3-5,7H2,1-2H3,(H,15,16). The van der Waals surface area contributed by atoms with Crippen molar-refractivity contribution in [1.29, 1.82) is 0 Å². The lowest BCUT2D eigenvalue weighted by molar-refractivity contribution is -0.141. The number of benzene rings is 1. The third kappa shape index (κ3) is 2.75. The predicted octanol–water partition coefficient (Wildman–Crippen LogP) is 2.42. The number of carboxylic acid groups (broad SMARTS) is 1. The van der Waals surface area contributed by atoms with E-state index < -0.39 is 11.9 Å². The molecule has 0 bridgehead atoms. The van der Waals surface area contributed by atoms with Crippen LogP contribution in [0.2, 0.25) is 0 Å². The Labute approximate surface area is 107 Å². The lowest BCUT2D eigenvalue weighted by atomic mass is 9.99. The Hall–Kier alpha value is -1.71. The number of fused-ring (bicyclic) bond motifs is 1. The van der Waals surface area contributed by atoms with Crippen molar-refractivity contribution in [3.8, 4) is 11.5 Å². The number of hydrogen-bond acceptors (Lipinski definition) is 3. The highest BCUT2D eigenvalue weighted by Gasteiger charge is 2.17. The molecule has 18 heavy (non-hydrogen) atoms. The molecule has 2 rings (SSSR count). The predicted molar refractivity (Wildman–Crippen MR) is 67.3 cm³/mol. The van der Waals surface area contributed by atoms with Crippen molar-refractivity contribution in [2.24, 2.45) is 5.92 Å². The van der Waals surface area contributed by atoms with Crippen LogP contribution in [-0.4, -0.2) is 24.3 Å². The van der Waals surface area contributed by atoms with E-state index in [2.05, 4.69) is 0 Å². The Balaban J connectivity index is 2.26. The van der Waals surface area contributed by atoms with Crippen molar-refractivity contribution in [2.45, 2.75) is 26.7 Å². The van der Waals surface area contributed by atoms with Gasteiger partial charge in [0, 0.05) is 6.42 Å². The summed E-state index contributed by atoms with van der Waals surface area (Å²) in [5.74, 6) is 0.355. The molecule has 1 N–H and O–H groups in total. The average molecular weight is 250 g/mol. The maximum atomic E-state index is 10.9.